The number of nitrogens with one attached hydrogen (secondary N) is 1. The minimum Gasteiger partial charge on any atom is -0.457 e. The lowest BCUT2D eigenvalue weighted by molar-refractivity contribution is -0.124. The van der Waals surface area contributed by atoms with Crippen molar-refractivity contribution in [3.8, 4) is 11.5 Å². The second-order valence-electron chi connectivity index (χ2n) is 5.77. The van der Waals surface area contributed by atoms with E-state index >= 15 is 0 Å². The summed E-state index contributed by atoms with van der Waals surface area (Å²) in [6, 6.07) is 16.0. The van der Waals surface area contributed by atoms with E-state index in [9.17, 15) is 9.59 Å². The summed E-state index contributed by atoms with van der Waals surface area (Å²) in [6.45, 7) is 3.69. The van der Waals surface area contributed by atoms with Gasteiger partial charge in [-0.05, 0) is 49.7 Å². The van der Waals surface area contributed by atoms with Crippen LogP contribution in [0.2, 0.25) is 0 Å². The third-order valence-corrected chi connectivity index (χ3v) is 3.53. The Morgan fingerprint density at radius 1 is 1.00 bits per heavy atom. The smallest absolute Gasteiger partial charge is 0.338 e. The zero-order valence-corrected chi connectivity index (χ0v) is 14.5. The fraction of sp³-hybridized carbons (Fsp3) is 0.300. The first-order valence-corrected chi connectivity index (χ1v) is 8.38. The molecule has 1 atom stereocenters. The van der Waals surface area contributed by atoms with E-state index in [2.05, 4.69) is 5.32 Å². The molecule has 0 aliphatic heterocycles. The van der Waals surface area contributed by atoms with Crippen molar-refractivity contribution in [2.75, 3.05) is 6.61 Å². The average Bonchev–Trinajstić information content (AvgIpc) is 2.61. The van der Waals surface area contributed by atoms with Crippen LogP contribution in [-0.2, 0) is 9.53 Å². The molecule has 0 bridgehead atoms. The Labute approximate surface area is 148 Å². The number of carbonyl (C=O) groups is 2. The van der Waals surface area contributed by atoms with E-state index in [1.807, 2.05) is 44.2 Å². The fourth-order valence-corrected chi connectivity index (χ4v) is 2.32. The van der Waals surface area contributed by atoms with Gasteiger partial charge in [0.1, 0.15) is 11.5 Å². The zero-order chi connectivity index (χ0) is 18.1. The summed E-state index contributed by atoms with van der Waals surface area (Å²) >= 11 is 0. The van der Waals surface area contributed by atoms with Crippen molar-refractivity contribution in [3.05, 3.63) is 60.2 Å². The number of carbonyl (C=O) groups excluding carboxylic acids is 2. The van der Waals surface area contributed by atoms with Crippen LogP contribution in [-0.4, -0.2) is 24.5 Å². The van der Waals surface area contributed by atoms with Gasteiger partial charge in [-0.25, -0.2) is 4.79 Å². The minimum absolute atomic E-state index is 0.0746. The molecule has 2 aromatic rings. The van der Waals surface area contributed by atoms with Gasteiger partial charge < -0.3 is 14.8 Å². The average molecular weight is 341 g/mol. The summed E-state index contributed by atoms with van der Waals surface area (Å²) in [5.41, 5.74) is 0.370. The highest BCUT2D eigenvalue weighted by Gasteiger charge is 2.12. The van der Waals surface area contributed by atoms with Crippen molar-refractivity contribution in [1.82, 2.24) is 5.32 Å². The Hall–Kier alpha value is -2.82. The van der Waals surface area contributed by atoms with Crippen molar-refractivity contribution in [2.24, 2.45) is 0 Å². The lowest BCUT2D eigenvalue weighted by Crippen LogP contribution is -2.35. The second kappa shape index (κ2) is 9.47. The predicted molar refractivity (Wildman–Crippen MR) is 95.8 cm³/mol. The van der Waals surface area contributed by atoms with Crippen LogP contribution in [0.4, 0.5) is 0 Å². The summed E-state index contributed by atoms with van der Waals surface area (Å²) in [5, 5.41) is 2.79. The number of benzene rings is 2. The van der Waals surface area contributed by atoms with Crippen LogP contribution in [0.3, 0.4) is 0 Å². The maximum atomic E-state index is 12.0. The highest BCUT2D eigenvalue weighted by molar-refractivity contribution is 5.91. The van der Waals surface area contributed by atoms with E-state index in [-0.39, 0.29) is 18.6 Å². The first-order valence-electron chi connectivity index (χ1n) is 8.38. The van der Waals surface area contributed by atoms with Gasteiger partial charge in [-0.1, -0.05) is 31.5 Å². The molecule has 0 saturated heterocycles. The number of ether oxygens (including phenoxy) is 2. The van der Waals surface area contributed by atoms with E-state index in [0.29, 0.717) is 11.3 Å². The number of para-hydroxylation sites is 1. The maximum absolute atomic E-state index is 12.0. The number of hydrogen-bond acceptors (Lipinski definition) is 4. The first-order chi connectivity index (χ1) is 12.1. The van der Waals surface area contributed by atoms with E-state index in [1.165, 1.54) is 0 Å². The summed E-state index contributed by atoms with van der Waals surface area (Å²) < 4.78 is 10.7. The van der Waals surface area contributed by atoms with Crippen molar-refractivity contribution in [3.63, 3.8) is 0 Å². The van der Waals surface area contributed by atoms with Gasteiger partial charge in [0, 0.05) is 6.04 Å². The Balaban J connectivity index is 1.83. The normalized spacial score (nSPS) is 11.4. The molecular formula is C20H23NO4. The number of hydrogen-bond donors (Lipinski definition) is 1. The molecule has 132 valence electrons. The number of esters is 1. The Morgan fingerprint density at radius 2 is 1.64 bits per heavy atom. The molecule has 1 N–H and O–H groups in total. The minimum atomic E-state index is -0.537. The van der Waals surface area contributed by atoms with Crippen LogP contribution in [0.25, 0.3) is 0 Å². The molecule has 5 nitrogen and oxygen atoms in total. The van der Waals surface area contributed by atoms with Gasteiger partial charge >= 0.3 is 5.97 Å². The number of rotatable bonds is 8. The fourth-order valence-electron chi connectivity index (χ4n) is 2.32. The number of amides is 1. The Morgan fingerprint density at radius 3 is 2.28 bits per heavy atom. The monoisotopic (exact) mass is 341 g/mol. The molecule has 0 spiro atoms. The summed E-state index contributed by atoms with van der Waals surface area (Å²) in [6.07, 6.45) is 1.88. The first kappa shape index (κ1) is 18.5. The van der Waals surface area contributed by atoms with Crippen LogP contribution in [0.1, 0.15) is 37.0 Å². The molecule has 0 fully saturated rings. The molecule has 1 amide bonds. The van der Waals surface area contributed by atoms with Gasteiger partial charge in [-0.15, -0.1) is 0 Å². The van der Waals surface area contributed by atoms with E-state index in [1.54, 1.807) is 24.3 Å². The summed E-state index contributed by atoms with van der Waals surface area (Å²) in [5.74, 6) is 0.507. The molecule has 25 heavy (non-hydrogen) atoms. The SMILES string of the molecule is CCCC(C)NC(=O)COC(=O)c1ccc(Oc2ccccc2)cc1. The molecule has 0 radical (unpaired) electrons. The molecule has 0 aliphatic carbocycles. The van der Waals surface area contributed by atoms with Crippen LogP contribution < -0.4 is 10.1 Å². The van der Waals surface area contributed by atoms with Crippen LogP contribution in [0.15, 0.2) is 54.6 Å². The largest absolute Gasteiger partial charge is 0.457 e. The van der Waals surface area contributed by atoms with Gasteiger partial charge in [0.15, 0.2) is 6.61 Å². The van der Waals surface area contributed by atoms with Gasteiger partial charge in [0.2, 0.25) is 0 Å². The molecular weight excluding hydrogens is 318 g/mol. The highest BCUT2D eigenvalue weighted by Crippen LogP contribution is 2.21. The summed E-state index contributed by atoms with van der Waals surface area (Å²) in [7, 11) is 0. The molecule has 0 aliphatic rings. The van der Waals surface area contributed by atoms with E-state index in [0.717, 1.165) is 18.6 Å². The lowest BCUT2D eigenvalue weighted by Gasteiger charge is -2.12. The van der Waals surface area contributed by atoms with Crippen LogP contribution >= 0.6 is 0 Å². The Kier molecular flexibility index (Phi) is 7.01. The quantitative estimate of drug-likeness (QED) is 0.739. The van der Waals surface area contributed by atoms with Crippen molar-refractivity contribution < 1.29 is 19.1 Å². The standard InChI is InChI=1S/C20H23NO4/c1-3-7-15(2)21-19(22)14-24-20(23)16-10-12-18(13-11-16)25-17-8-5-4-6-9-17/h4-6,8-13,15H,3,7,14H2,1-2H3,(H,21,22). The van der Waals surface area contributed by atoms with E-state index < -0.39 is 5.97 Å². The maximum Gasteiger partial charge on any atom is 0.338 e. The van der Waals surface area contributed by atoms with Gasteiger partial charge in [0.05, 0.1) is 5.56 Å². The summed E-state index contributed by atoms with van der Waals surface area (Å²) in [4.78, 5) is 23.7. The third kappa shape index (κ3) is 6.30. The zero-order valence-electron chi connectivity index (χ0n) is 14.5. The molecule has 2 aromatic carbocycles. The van der Waals surface area contributed by atoms with Crippen molar-refractivity contribution in [2.45, 2.75) is 32.7 Å². The Bertz CT molecular complexity index is 683. The van der Waals surface area contributed by atoms with Gasteiger partial charge in [-0.3, -0.25) is 4.79 Å². The third-order valence-electron chi connectivity index (χ3n) is 3.53. The lowest BCUT2D eigenvalue weighted by atomic mass is 10.2. The molecule has 1 unspecified atom stereocenters. The predicted octanol–water partition coefficient (Wildman–Crippen LogP) is 3.94. The highest BCUT2D eigenvalue weighted by atomic mass is 16.5. The topological polar surface area (TPSA) is 64.6 Å². The molecule has 0 aromatic heterocycles. The van der Waals surface area contributed by atoms with Gasteiger partial charge in [-0.2, -0.15) is 0 Å². The van der Waals surface area contributed by atoms with Gasteiger partial charge in [0.25, 0.3) is 5.91 Å². The molecule has 0 saturated carbocycles. The molecule has 5 heteroatoms. The van der Waals surface area contributed by atoms with Crippen LogP contribution in [0, 0.1) is 0 Å². The molecule has 0 heterocycles. The second-order valence-corrected chi connectivity index (χ2v) is 5.77. The van der Waals surface area contributed by atoms with Crippen molar-refractivity contribution in [1.29, 1.82) is 0 Å². The van der Waals surface area contributed by atoms with Crippen LogP contribution in [0.5, 0.6) is 11.5 Å². The molecule has 2 rings (SSSR count). The van der Waals surface area contributed by atoms with Crippen molar-refractivity contribution >= 4 is 11.9 Å². The van der Waals surface area contributed by atoms with E-state index in [4.69, 9.17) is 9.47 Å².